The predicted molar refractivity (Wildman–Crippen MR) is 83.4 cm³/mol. The summed E-state index contributed by atoms with van der Waals surface area (Å²) in [6.45, 7) is 5.46. The molecule has 1 heterocycles. The highest BCUT2D eigenvalue weighted by Crippen LogP contribution is 2.35. The first-order chi connectivity index (χ1) is 9.13. The van der Waals surface area contributed by atoms with E-state index in [-0.39, 0.29) is 0 Å². The van der Waals surface area contributed by atoms with Gasteiger partial charge >= 0.3 is 0 Å². The molecule has 0 saturated heterocycles. The Kier molecular flexibility index (Phi) is 5.46. The zero-order chi connectivity index (χ0) is 13.8. The summed E-state index contributed by atoms with van der Waals surface area (Å²) in [6, 6.07) is 0.744. The van der Waals surface area contributed by atoms with E-state index >= 15 is 0 Å². The molecule has 3 nitrogen and oxygen atoms in total. The van der Waals surface area contributed by atoms with Crippen molar-refractivity contribution in [2.24, 2.45) is 13.0 Å². The van der Waals surface area contributed by atoms with E-state index in [0.717, 1.165) is 30.6 Å². The smallest absolute Gasteiger partial charge is 0.0738 e. The summed E-state index contributed by atoms with van der Waals surface area (Å²) in [5, 5.41) is 8.18. The molecule has 1 aromatic rings. The normalized spacial score (nSPS) is 16.8. The molecule has 1 N–H and O–H groups in total. The van der Waals surface area contributed by atoms with Crippen LogP contribution in [0.5, 0.6) is 0 Å². The van der Waals surface area contributed by atoms with E-state index in [9.17, 15) is 0 Å². The molecule has 0 radical (unpaired) electrons. The molecule has 1 saturated carbocycles. The molecule has 1 aliphatic carbocycles. The van der Waals surface area contributed by atoms with Crippen molar-refractivity contribution < 1.29 is 0 Å². The first kappa shape index (κ1) is 15.0. The molecule has 0 amide bonds. The fourth-order valence-electron chi connectivity index (χ4n) is 2.77. The quantitative estimate of drug-likeness (QED) is 0.790. The van der Waals surface area contributed by atoms with E-state index in [1.54, 1.807) is 0 Å². The lowest BCUT2D eigenvalue weighted by atomic mass is 10.0. The van der Waals surface area contributed by atoms with Gasteiger partial charge in [-0.05, 0) is 73.8 Å². The molecule has 19 heavy (non-hydrogen) atoms. The Morgan fingerprint density at radius 2 is 2.21 bits per heavy atom. The van der Waals surface area contributed by atoms with Gasteiger partial charge in [-0.15, -0.1) is 0 Å². The van der Waals surface area contributed by atoms with Gasteiger partial charge in [0, 0.05) is 13.1 Å². The maximum atomic E-state index is 4.46. The standard InChI is InChI=1S/C15H26BrN3/c1-4-10-17-13(12-8-9-12)6-5-7-14-15(16)11(2)18-19(14)3/h12-13,17H,4-10H2,1-3H3. The van der Waals surface area contributed by atoms with Crippen molar-refractivity contribution in [3.63, 3.8) is 0 Å². The fraction of sp³-hybridized carbons (Fsp3) is 0.800. The summed E-state index contributed by atoms with van der Waals surface area (Å²) < 4.78 is 3.21. The van der Waals surface area contributed by atoms with E-state index in [2.05, 4.69) is 40.2 Å². The monoisotopic (exact) mass is 327 g/mol. The lowest BCUT2D eigenvalue weighted by Crippen LogP contribution is -2.31. The zero-order valence-electron chi connectivity index (χ0n) is 12.4. The van der Waals surface area contributed by atoms with Gasteiger partial charge in [-0.3, -0.25) is 4.68 Å². The highest BCUT2D eigenvalue weighted by molar-refractivity contribution is 9.10. The highest BCUT2D eigenvalue weighted by atomic mass is 79.9. The molecule has 0 spiro atoms. The van der Waals surface area contributed by atoms with E-state index in [0.29, 0.717) is 0 Å². The van der Waals surface area contributed by atoms with Crippen LogP contribution in [-0.4, -0.2) is 22.4 Å². The van der Waals surface area contributed by atoms with Gasteiger partial charge in [-0.2, -0.15) is 5.10 Å². The van der Waals surface area contributed by atoms with Crippen molar-refractivity contribution in [2.45, 2.75) is 58.4 Å². The van der Waals surface area contributed by atoms with Crippen LogP contribution in [0.25, 0.3) is 0 Å². The van der Waals surface area contributed by atoms with Crippen LogP contribution in [0.2, 0.25) is 0 Å². The Labute approximate surface area is 125 Å². The van der Waals surface area contributed by atoms with Gasteiger partial charge in [-0.1, -0.05) is 6.92 Å². The maximum absolute atomic E-state index is 4.46. The summed E-state index contributed by atoms with van der Waals surface area (Å²) in [7, 11) is 2.04. The van der Waals surface area contributed by atoms with Crippen LogP contribution in [0.3, 0.4) is 0 Å². The van der Waals surface area contributed by atoms with Crippen LogP contribution >= 0.6 is 15.9 Å². The zero-order valence-corrected chi connectivity index (χ0v) is 14.0. The second kappa shape index (κ2) is 6.89. The molecular formula is C15H26BrN3. The number of nitrogens with zero attached hydrogens (tertiary/aromatic N) is 2. The third-order valence-corrected chi connectivity index (χ3v) is 5.07. The van der Waals surface area contributed by atoms with E-state index in [1.165, 1.54) is 42.3 Å². The lowest BCUT2D eigenvalue weighted by molar-refractivity contribution is 0.423. The van der Waals surface area contributed by atoms with Gasteiger partial charge in [0.05, 0.1) is 15.9 Å². The number of rotatable bonds is 8. The molecular weight excluding hydrogens is 302 g/mol. The van der Waals surface area contributed by atoms with Crippen LogP contribution < -0.4 is 5.32 Å². The SMILES string of the molecule is CCCNC(CCCc1c(Br)c(C)nn1C)C1CC1. The Morgan fingerprint density at radius 3 is 2.74 bits per heavy atom. The highest BCUT2D eigenvalue weighted by Gasteiger charge is 2.30. The molecule has 1 aromatic heterocycles. The Bertz CT molecular complexity index is 410. The van der Waals surface area contributed by atoms with Gasteiger partial charge in [0.25, 0.3) is 0 Å². The largest absolute Gasteiger partial charge is 0.314 e. The number of aryl methyl sites for hydroxylation is 2. The van der Waals surface area contributed by atoms with Crippen LogP contribution in [-0.2, 0) is 13.5 Å². The number of nitrogens with one attached hydrogen (secondary N) is 1. The average molecular weight is 328 g/mol. The first-order valence-electron chi connectivity index (χ1n) is 7.54. The molecule has 1 fully saturated rings. The molecule has 1 aliphatic rings. The van der Waals surface area contributed by atoms with Crippen molar-refractivity contribution in [3.05, 3.63) is 15.9 Å². The molecule has 1 unspecified atom stereocenters. The van der Waals surface area contributed by atoms with Gasteiger partial charge in [0.15, 0.2) is 0 Å². The first-order valence-corrected chi connectivity index (χ1v) is 8.34. The molecule has 0 aromatic carbocycles. The summed E-state index contributed by atoms with van der Waals surface area (Å²) in [5.41, 5.74) is 2.43. The minimum Gasteiger partial charge on any atom is -0.314 e. The molecule has 0 aliphatic heterocycles. The Balaban J connectivity index is 1.81. The van der Waals surface area contributed by atoms with Crippen molar-refractivity contribution >= 4 is 15.9 Å². The third-order valence-electron chi connectivity index (χ3n) is 4.04. The average Bonchev–Trinajstić information content (AvgIpc) is 3.17. The molecule has 2 rings (SSSR count). The van der Waals surface area contributed by atoms with Crippen molar-refractivity contribution in [2.75, 3.05) is 6.54 Å². The number of hydrogen-bond acceptors (Lipinski definition) is 2. The minimum absolute atomic E-state index is 0.744. The second-order valence-electron chi connectivity index (χ2n) is 5.76. The van der Waals surface area contributed by atoms with E-state index in [1.807, 2.05) is 11.7 Å². The summed E-state index contributed by atoms with van der Waals surface area (Å²) in [5.74, 6) is 0.947. The van der Waals surface area contributed by atoms with Crippen molar-refractivity contribution in [1.29, 1.82) is 0 Å². The number of halogens is 1. The summed E-state index contributed by atoms with van der Waals surface area (Å²) >= 11 is 3.65. The van der Waals surface area contributed by atoms with E-state index < -0.39 is 0 Å². The number of aromatic nitrogens is 2. The topological polar surface area (TPSA) is 29.9 Å². The van der Waals surface area contributed by atoms with Gasteiger partial charge in [-0.25, -0.2) is 0 Å². The van der Waals surface area contributed by atoms with Gasteiger partial charge in [0.1, 0.15) is 0 Å². The van der Waals surface area contributed by atoms with Gasteiger partial charge in [0.2, 0.25) is 0 Å². The fourth-order valence-corrected chi connectivity index (χ4v) is 3.31. The minimum atomic E-state index is 0.744. The van der Waals surface area contributed by atoms with Gasteiger partial charge < -0.3 is 5.32 Å². The molecule has 0 bridgehead atoms. The van der Waals surface area contributed by atoms with Crippen LogP contribution in [0.15, 0.2) is 4.47 Å². The van der Waals surface area contributed by atoms with Crippen LogP contribution in [0, 0.1) is 12.8 Å². The number of hydrogen-bond donors (Lipinski definition) is 1. The lowest BCUT2D eigenvalue weighted by Gasteiger charge is -2.17. The second-order valence-corrected chi connectivity index (χ2v) is 6.55. The summed E-state index contributed by atoms with van der Waals surface area (Å²) in [4.78, 5) is 0. The Hall–Kier alpha value is -0.350. The van der Waals surface area contributed by atoms with Crippen LogP contribution in [0.4, 0.5) is 0 Å². The summed E-state index contributed by atoms with van der Waals surface area (Å²) in [6.07, 6.45) is 7.74. The molecule has 4 heteroatoms. The Morgan fingerprint density at radius 1 is 1.47 bits per heavy atom. The molecule has 1 atom stereocenters. The maximum Gasteiger partial charge on any atom is 0.0738 e. The van der Waals surface area contributed by atoms with Crippen LogP contribution in [0.1, 0.15) is 50.4 Å². The van der Waals surface area contributed by atoms with Crippen molar-refractivity contribution in [1.82, 2.24) is 15.1 Å². The van der Waals surface area contributed by atoms with E-state index in [4.69, 9.17) is 0 Å². The predicted octanol–water partition coefficient (Wildman–Crippen LogP) is 3.59. The molecule has 108 valence electrons. The van der Waals surface area contributed by atoms with Crippen molar-refractivity contribution in [3.8, 4) is 0 Å². The third kappa shape index (κ3) is 4.06.